The lowest BCUT2D eigenvalue weighted by molar-refractivity contribution is -0.136. The van der Waals surface area contributed by atoms with Crippen LogP contribution in [0.1, 0.15) is 29.7 Å². The zero-order valence-electron chi connectivity index (χ0n) is 7.62. The van der Waals surface area contributed by atoms with E-state index >= 15 is 0 Å². The number of rotatable bonds is 5. The fraction of sp³-hybridized carbons (Fsp3) is 0.556. The lowest BCUT2D eigenvalue weighted by Crippen LogP contribution is -1.98. The molecule has 1 heterocycles. The highest BCUT2D eigenvalue weighted by molar-refractivity contribution is 7.11. The Hall–Kier alpha value is -0.900. The zero-order chi connectivity index (χ0) is 9.68. The van der Waals surface area contributed by atoms with Crippen molar-refractivity contribution in [2.24, 2.45) is 0 Å². The highest BCUT2D eigenvalue weighted by Gasteiger charge is 2.05. The average Bonchev–Trinajstić information content (AvgIpc) is 2.48. The number of aromatic nitrogens is 1. The molecule has 1 aromatic rings. The van der Waals surface area contributed by atoms with Crippen molar-refractivity contribution in [2.45, 2.75) is 32.6 Å². The number of hydrogen-bond donors (Lipinski definition) is 1. The van der Waals surface area contributed by atoms with Gasteiger partial charge in [0.05, 0.1) is 6.42 Å². The van der Waals surface area contributed by atoms with Gasteiger partial charge in [-0.3, -0.25) is 4.79 Å². The molecule has 0 spiro atoms. The molecule has 0 atom stereocenters. The molecular weight excluding hydrogens is 186 g/mol. The van der Waals surface area contributed by atoms with Crippen molar-refractivity contribution >= 4 is 17.3 Å². The Morgan fingerprint density at radius 3 is 3.08 bits per heavy atom. The smallest absolute Gasteiger partial charge is 0.310 e. The van der Waals surface area contributed by atoms with E-state index in [2.05, 4.69) is 11.9 Å². The molecule has 1 N–H and O–H groups in total. The normalized spacial score (nSPS) is 10.2. The molecule has 0 amide bonds. The van der Waals surface area contributed by atoms with Crippen LogP contribution in [0.2, 0.25) is 0 Å². The van der Waals surface area contributed by atoms with Crippen LogP contribution in [0.3, 0.4) is 0 Å². The molecule has 0 aliphatic rings. The fourth-order valence-electron chi connectivity index (χ4n) is 1.03. The minimum Gasteiger partial charge on any atom is -0.481 e. The van der Waals surface area contributed by atoms with Crippen molar-refractivity contribution in [3.05, 3.63) is 16.1 Å². The summed E-state index contributed by atoms with van der Waals surface area (Å²) in [7, 11) is 0. The second-order valence-electron chi connectivity index (χ2n) is 2.89. The topological polar surface area (TPSA) is 50.2 Å². The molecule has 72 valence electrons. The van der Waals surface area contributed by atoms with Crippen LogP contribution >= 0.6 is 11.3 Å². The summed E-state index contributed by atoms with van der Waals surface area (Å²) in [6.45, 7) is 2.14. The monoisotopic (exact) mass is 199 g/mol. The third-order valence-corrected chi connectivity index (χ3v) is 2.74. The number of carboxylic acid groups (broad SMARTS) is 1. The minimum absolute atomic E-state index is 0.0524. The Bertz CT molecular complexity index is 283. The quantitative estimate of drug-likeness (QED) is 0.790. The zero-order valence-corrected chi connectivity index (χ0v) is 8.43. The molecule has 0 saturated heterocycles. The first-order valence-electron chi connectivity index (χ1n) is 4.37. The van der Waals surface area contributed by atoms with Crippen LogP contribution in [0.4, 0.5) is 0 Å². The van der Waals surface area contributed by atoms with E-state index in [0.29, 0.717) is 5.01 Å². The van der Waals surface area contributed by atoms with Gasteiger partial charge in [-0.2, -0.15) is 0 Å². The first-order valence-corrected chi connectivity index (χ1v) is 5.19. The molecule has 0 saturated carbocycles. The van der Waals surface area contributed by atoms with Crippen molar-refractivity contribution in [3.63, 3.8) is 0 Å². The van der Waals surface area contributed by atoms with Gasteiger partial charge in [-0.25, -0.2) is 4.98 Å². The number of nitrogens with zero attached hydrogens (tertiary/aromatic N) is 1. The van der Waals surface area contributed by atoms with E-state index in [1.165, 1.54) is 16.2 Å². The number of aryl methyl sites for hydroxylation is 1. The van der Waals surface area contributed by atoms with Crippen LogP contribution in [0.5, 0.6) is 0 Å². The number of unbranched alkanes of at least 4 members (excludes halogenated alkanes) is 1. The van der Waals surface area contributed by atoms with Gasteiger partial charge < -0.3 is 5.11 Å². The van der Waals surface area contributed by atoms with E-state index in [1.54, 1.807) is 6.20 Å². The number of carbonyl (C=O) groups is 1. The van der Waals surface area contributed by atoms with Crippen molar-refractivity contribution in [2.75, 3.05) is 0 Å². The van der Waals surface area contributed by atoms with E-state index in [0.717, 1.165) is 19.3 Å². The maximum absolute atomic E-state index is 10.4. The van der Waals surface area contributed by atoms with Crippen LogP contribution in [0.25, 0.3) is 0 Å². The molecule has 0 unspecified atom stereocenters. The Morgan fingerprint density at radius 1 is 1.69 bits per heavy atom. The van der Waals surface area contributed by atoms with Gasteiger partial charge in [-0.15, -0.1) is 11.3 Å². The molecule has 3 nitrogen and oxygen atoms in total. The molecule has 0 aliphatic carbocycles. The molecule has 1 rings (SSSR count). The van der Waals surface area contributed by atoms with Crippen LogP contribution < -0.4 is 0 Å². The van der Waals surface area contributed by atoms with Crippen LogP contribution in [0.15, 0.2) is 6.20 Å². The highest BCUT2D eigenvalue weighted by Crippen LogP contribution is 2.15. The van der Waals surface area contributed by atoms with Gasteiger partial charge in [0, 0.05) is 11.1 Å². The molecule has 0 aromatic carbocycles. The third kappa shape index (κ3) is 3.55. The predicted molar refractivity (Wildman–Crippen MR) is 52.1 cm³/mol. The largest absolute Gasteiger partial charge is 0.481 e. The molecule has 0 aliphatic heterocycles. The molecule has 0 fully saturated rings. The molecule has 13 heavy (non-hydrogen) atoms. The first kappa shape index (κ1) is 10.2. The van der Waals surface area contributed by atoms with Crippen molar-refractivity contribution in [1.29, 1.82) is 0 Å². The Labute approximate surface area is 81.4 Å². The summed E-state index contributed by atoms with van der Waals surface area (Å²) < 4.78 is 0. The lowest BCUT2D eigenvalue weighted by atomic mass is 10.2. The van der Waals surface area contributed by atoms with Gasteiger partial charge in [0.2, 0.25) is 0 Å². The SMILES string of the molecule is CCCCc1cnc(CC(=O)O)s1. The first-order chi connectivity index (χ1) is 6.22. The van der Waals surface area contributed by atoms with Gasteiger partial charge in [-0.1, -0.05) is 13.3 Å². The van der Waals surface area contributed by atoms with E-state index in [9.17, 15) is 4.79 Å². The molecule has 1 aromatic heterocycles. The van der Waals surface area contributed by atoms with Crippen molar-refractivity contribution in [3.8, 4) is 0 Å². The molecule has 4 heteroatoms. The van der Waals surface area contributed by atoms with Crippen LogP contribution in [0, 0.1) is 0 Å². The van der Waals surface area contributed by atoms with Crippen molar-refractivity contribution < 1.29 is 9.90 Å². The van der Waals surface area contributed by atoms with Crippen LogP contribution in [-0.2, 0) is 17.6 Å². The molecule has 0 radical (unpaired) electrons. The summed E-state index contributed by atoms with van der Waals surface area (Å²) in [5.41, 5.74) is 0. The van der Waals surface area contributed by atoms with E-state index in [-0.39, 0.29) is 6.42 Å². The van der Waals surface area contributed by atoms with E-state index in [1.807, 2.05) is 0 Å². The third-order valence-electron chi connectivity index (χ3n) is 1.68. The van der Waals surface area contributed by atoms with Gasteiger partial charge in [-0.05, 0) is 12.8 Å². The lowest BCUT2D eigenvalue weighted by Gasteiger charge is -1.90. The Balaban J connectivity index is 2.48. The number of aliphatic carboxylic acids is 1. The van der Waals surface area contributed by atoms with Gasteiger partial charge in [0.1, 0.15) is 5.01 Å². The predicted octanol–water partition coefficient (Wildman–Crippen LogP) is 2.11. The summed E-state index contributed by atoms with van der Waals surface area (Å²) >= 11 is 1.51. The Morgan fingerprint density at radius 2 is 2.46 bits per heavy atom. The second kappa shape index (κ2) is 4.97. The highest BCUT2D eigenvalue weighted by atomic mass is 32.1. The Kier molecular flexibility index (Phi) is 3.89. The summed E-state index contributed by atoms with van der Waals surface area (Å²) in [6.07, 6.45) is 5.17. The molecular formula is C9H13NO2S. The summed E-state index contributed by atoms with van der Waals surface area (Å²) in [4.78, 5) is 15.6. The number of thiazole rings is 1. The minimum atomic E-state index is -0.809. The van der Waals surface area contributed by atoms with E-state index in [4.69, 9.17) is 5.11 Å². The fourth-order valence-corrected chi connectivity index (χ4v) is 1.98. The maximum atomic E-state index is 10.4. The van der Waals surface area contributed by atoms with Gasteiger partial charge >= 0.3 is 5.97 Å². The van der Waals surface area contributed by atoms with Gasteiger partial charge in [0.15, 0.2) is 0 Å². The summed E-state index contributed by atoms with van der Waals surface area (Å²) in [5, 5.41) is 9.23. The standard InChI is InChI=1S/C9H13NO2S/c1-2-3-4-7-6-10-8(13-7)5-9(11)12/h6H,2-5H2,1H3,(H,11,12). The second-order valence-corrected chi connectivity index (χ2v) is 4.09. The van der Waals surface area contributed by atoms with Crippen molar-refractivity contribution in [1.82, 2.24) is 4.98 Å². The maximum Gasteiger partial charge on any atom is 0.310 e. The van der Waals surface area contributed by atoms with Gasteiger partial charge in [0.25, 0.3) is 0 Å². The number of carboxylic acids is 1. The average molecular weight is 199 g/mol. The van der Waals surface area contributed by atoms with E-state index < -0.39 is 5.97 Å². The number of hydrogen-bond acceptors (Lipinski definition) is 3. The summed E-state index contributed by atoms with van der Waals surface area (Å²) in [5.74, 6) is -0.809. The summed E-state index contributed by atoms with van der Waals surface area (Å²) in [6, 6.07) is 0. The van der Waals surface area contributed by atoms with Crippen LogP contribution in [-0.4, -0.2) is 16.1 Å². The molecule has 0 bridgehead atoms.